The molecule has 124 valence electrons. The lowest BCUT2D eigenvalue weighted by atomic mass is 9.97. The van der Waals surface area contributed by atoms with Crippen LogP contribution < -0.4 is 5.73 Å². The molecule has 0 radical (unpaired) electrons. The van der Waals surface area contributed by atoms with Gasteiger partial charge in [-0.1, -0.05) is 17.7 Å². The van der Waals surface area contributed by atoms with E-state index >= 15 is 0 Å². The molecule has 1 saturated carbocycles. The first-order valence-corrected chi connectivity index (χ1v) is 7.55. The highest BCUT2D eigenvalue weighted by atomic mass is 35.5. The fourth-order valence-corrected chi connectivity index (χ4v) is 2.70. The Kier molecular flexibility index (Phi) is 5.55. The Morgan fingerprint density at radius 1 is 1.38 bits per heavy atom. The summed E-state index contributed by atoms with van der Waals surface area (Å²) in [6, 6.07) is 7.32. The molecule has 0 spiro atoms. The van der Waals surface area contributed by atoms with E-state index in [9.17, 15) is 9.18 Å². The summed E-state index contributed by atoms with van der Waals surface area (Å²) in [6.45, 7) is 0. The predicted octanol–water partition coefficient (Wildman–Crippen LogP) is 3.81. The highest BCUT2D eigenvalue weighted by molar-refractivity contribution is 6.35. The van der Waals surface area contributed by atoms with Crippen molar-refractivity contribution in [2.45, 2.75) is 18.9 Å². The zero-order valence-electron chi connectivity index (χ0n) is 12.5. The highest BCUT2D eigenvalue weighted by Crippen LogP contribution is 2.41. The Bertz CT molecular complexity index is 814. The molecule has 0 amide bonds. The number of carbonyl (C=O) groups excluding carboxylic acids is 1. The number of hydrogen-bond acceptors (Lipinski definition) is 4. The van der Waals surface area contributed by atoms with Crippen LogP contribution in [0.25, 0.3) is 0 Å². The van der Waals surface area contributed by atoms with Crippen molar-refractivity contribution in [1.29, 1.82) is 5.26 Å². The Labute approximate surface area is 149 Å². The number of aromatic nitrogens is 1. The first-order valence-electron chi connectivity index (χ1n) is 7.17. The van der Waals surface area contributed by atoms with Gasteiger partial charge in [0.25, 0.3) is 0 Å². The third-order valence-electron chi connectivity index (χ3n) is 3.96. The summed E-state index contributed by atoms with van der Waals surface area (Å²) in [4.78, 5) is 16.4. The molecule has 1 aliphatic rings. The highest BCUT2D eigenvalue weighted by Gasteiger charge is 2.33. The van der Waals surface area contributed by atoms with Gasteiger partial charge in [-0.2, -0.15) is 5.26 Å². The molecule has 0 unspecified atom stereocenters. The number of hydrogen-bond donors (Lipinski definition) is 1. The summed E-state index contributed by atoms with van der Waals surface area (Å²) >= 11 is 6.02. The van der Waals surface area contributed by atoms with Crippen LogP contribution >= 0.6 is 24.0 Å². The number of carbonyl (C=O) groups is 1. The zero-order chi connectivity index (χ0) is 16.6. The second kappa shape index (κ2) is 7.27. The van der Waals surface area contributed by atoms with Crippen molar-refractivity contribution in [3.63, 3.8) is 0 Å². The van der Waals surface area contributed by atoms with E-state index < -0.39 is 17.6 Å². The lowest BCUT2D eigenvalue weighted by Crippen LogP contribution is -2.17. The molecule has 1 atom stereocenters. The second-order valence-corrected chi connectivity index (χ2v) is 5.97. The van der Waals surface area contributed by atoms with Crippen LogP contribution in [0.15, 0.2) is 30.5 Å². The van der Waals surface area contributed by atoms with E-state index in [1.165, 1.54) is 30.5 Å². The minimum Gasteiger partial charge on any atom is -0.324 e. The fourth-order valence-electron chi connectivity index (χ4n) is 2.47. The van der Waals surface area contributed by atoms with Gasteiger partial charge in [-0.25, -0.2) is 4.39 Å². The first-order chi connectivity index (χ1) is 11.0. The van der Waals surface area contributed by atoms with Gasteiger partial charge < -0.3 is 5.73 Å². The van der Waals surface area contributed by atoms with Crippen molar-refractivity contribution in [3.8, 4) is 6.07 Å². The van der Waals surface area contributed by atoms with Crippen LogP contribution in [0, 0.1) is 23.1 Å². The Morgan fingerprint density at radius 3 is 2.62 bits per heavy atom. The molecule has 4 nitrogen and oxygen atoms in total. The maximum absolute atomic E-state index is 14.8. The molecule has 7 heteroatoms. The quantitative estimate of drug-likeness (QED) is 0.835. The molecule has 24 heavy (non-hydrogen) atoms. The lowest BCUT2D eigenvalue weighted by Gasteiger charge is -2.15. The molecule has 1 fully saturated rings. The van der Waals surface area contributed by atoms with Crippen LogP contribution in [0.5, 0.6) is 0 Å². The zero-order valence-corrected chi connectivity index (χ0v) is 14.1. The number of ketones is 1. The van der Waals surface area contributed by atoms with Gasteiger partial charge in [0.15, 0.2) is 0 Å². The van der Waals surface area contributed by atoms with E-state index in [2.05, 4.69) is 4.98 Å². The van der Waals surface area contributed by atoms with E-state index in [4.69, 9.17) is 22.6 Å². The third-order valence-corrected chi connectivity index (χ3v) is 4.28. The molecule has 1 heterocycles. The molecular weight excluding hydrogens is 352 g/mol. The summed E-state index contributed by atoms with van der Waals surface area (Å²) in [6.07, 6.45) is 3.19. The number of rotatable bonds is 4. The summed E-state index contributed by atoms with van der Waals surface area (Å²) < 4.78 is 14.8. The van der Waals surface area contributed by atoms with Crippen molar-refractivity contribution in [2.75, 3.05) is 0 Å². The summed E-state index contributed by atoms with van der Waals surface area (Å²) in [5, 5.41) is 8.78. The standard InChI is InChI=1S/C17H13ClFN3O.ClH/c18-12-5-4-11(16(21)10-2-3-10)15(19)14(12)17(23)13-6-1-9(7-20)8-22-13;/h1,4-6,8,10,16H,2-3,21H2;1H/t16-;/m1./s1. The number of halogens is 3. The van der Waals surface area contributed by atoms with E-state index in [0.29, 0.717) is 11.1 Å². The van der Waals surface area contributed by atoms with Crippen molar-refractivity contribution >= 4 is 29.8 Å². The molecule has 0 saturated heterocycles. The monoisotopic (exact) mass is 365 g/mol. The average molecular weight is 366 g/mol. The minimum absolute atomic E-state index is 0. The van der Waals surface area contributed by atoms with Crippen LogP contribution in [-0.2, 0) is 0 Å². The van der Waals surface area contributed by atoms with E-state index in [1.807, 2.05) is 6.07 Å². The molecule has 2 aromatic rings. The molecular formula is C17H14Cl2FN3O. The Morgan fingerprint density at radius 2 is 2.08 bits per heavy atom. The van der Waals surface area contributed by atoms with Crippen molar-refractivity contribution in [1.82, 2.24) is 4.98 Å². The number of pyridine rings is 1. The number of nitriles is 1. The van der Waals surface area contributed by atoms with Gasteiger partial charge in [0, 0.05) is 17.8 Å². The molecule has 2 N–H and O–H groups in total. The van der Waals surface area contributed by atoms with E-state index in [1.54, 1.807) is 0 Å². The van der Waals surface area contributed by atoms with Gasteiger partial charge in [0.05, 0.1) is 16.1 Å². The Hall–Kier alpha value is -2.00. The molecule has 0 bridgehead atoms. The lowest BCUT2D eigenvalue weighted by molar-refractivity contribution is 0.103. The van der Waals surface area contributed by atoms with Gasteiger partial charge in [-0.3, -0.25) is 9.78 Å². The number of nitrogens with zero attached hydrogens (tertiary/aromatic N) is 2. The summed E-state index contributed by atoms with van der Waals surface area (Å²) in [5.41, 5.74) is 6.47. The molecule has 0 aliphatic heterocycles. The fraction of sp³-hybridized carbons (Fsp3) is 0.235. The largest absolute Gasteiger partial charge is 0.324 e. The van der Waals surface area contributed by atoms with Gasteiger partial charge in [-0.15, -0.1) is 12.4 Å². The SMILES string of the molecule is Cl.N#Cc1ccc(C(=O)c2c(Cl)ccc([C@H](N)C3CC3)c2F)nc1. The first kappa shape index (κ1) is 18.3. The smallest absolute Gasteiger partial charge is 0.215 e. The minimum atomic E-state index is -0.687. The van der Waals surface area contributed by atoms with Crippen LogP contribution in [-0.4, -0.2) is 10.8 Å². The van der Waals surface area contributed by atoms with Crippen LogP contribution in [0.4, 0.5) is 4.39 Å². The normalized spacial score (nSPS) is 14.4. The van der Waals surface area contributed by atoms with Gasteiger partial charge in [0.1, 0.15) is 17.6 Å². The van der Waals surface area contributed by atoms with E-state index in [0.717, 1.165) is 12.8 Å². The Balaban J connectivity index is 0.00000208. The number of benzene rings is 1. The molecule has 1 aromatic heterocycles. The maximum Gasteiger partial charge on any atom is 0.215 e. The predicted molar refractivity (Wildman–Crippen MR) is 90.7 cm³/mol. The summed E-state index contributed by atoms with van der Waals surface area (Å²) in [5.74, 6) is -1.06. The third kappa shape index (κ3) is 3.41. The summed E-state index contributed by atoms with van der Waals surface area (Å²) in [7, 11) is 0. The van der Waals surface area contributed by atoms with Crippen molar-refractivity contribution < 1.29 is 9.18 Å². The maximum atomic E-state index is 14.8. The van der Waals surface area contributed by atoms with Gasteiger partial charge >= 0.3 is 0 Å². The molecule has 1 aliphatic carbocycles. The average Bonchev–Trinajstić information content (AvgIpc) is 3.39. The van der Waals surface area contributed by atoms with Crippen molar-refractivity contribution in [2.24, 2.45) is 11.7 Å². The molecule has 1 aromatic carbocycles. The number of nitrogens with two attached hydrogens (primary N) is 1. The van der Waals surface area contributed by atoms with Crippen molar-refractivity contribution in [3.05, 3.63) is 63.7 Å². The molecule has 3 rings (SSSR count). The van der Waals surface area contributed by atoms with Gasteiger partial charge in [0.2, 0.25) is 5.78 Å². The topological polar surface area (TPSA) is 79.8 Å². The van der Waals surface area contributed by atoms with Crippen LogP contribution in [0.1, 0.15) is 46.1 Å². The van der Waals surface area contributed by atoms with E-state index in [-0.39, 0.29) is 34.6 Å². The second-order valence-electron chi connectivity index (χ2n) is 5.56. The van der Waals surface area contributed by atoms with Crippen LogP contribution in [0.3, 0.4) is 0 Å². The van der Waals surface area contributed by atoms with Crippen LogP contribution in [0.2, 0.25) is 5.02 Å². The van der Waals surface area contributed by atoms with Gasteiger partial charge in [-0.05, 0) is 37.0 Å².